The number of nitrogens with two attached hydrogens (primary N) is 1. The Morgan fingerprint density at radius 3 is 2.95 bits per heavy atom. The van der Waals surface area contributed by atoms with Gasteiger partial charge in [-0.05, 0) is 24.2 Å². The van der Waals surface area contributed by atoms with Crippen molar-refractivity contribution in [3.63, 3.8) is 0 Å². The average Bonchev–Trinajstić information content (AvgIpc) is 2.96. The van der Waals surface area contributed by atoms with E-state index in [1.165, 1.54) is 23.0 Å². The first-order chi connectivity index (χ1) is 9.17. The highest BCUT2D eigenvalue weighted by Crippen LogP contribution is 2.34. The molecule has 0 saturated heterocycles. The number of aryl methyl sites for hydroxylation is 2. The molecule has 0 bridgehead atoms. The molecule has 2 N–H and O–H groups in total. The maximum absolute atomic E-state index is 5.77. The lowest BCUT2D eigenvalue weighted by molar-refractivity contribution is 0.685. The van der Waals surface area contributed by atoms with Crippen LogP contribution in [0.1, 0.15) is 11.8 Å². The second kappa shape index (κ2) is 4.78. The molecule has 19 heavy (non-hydrogen) atoms. The molecule has 0 unspecified atom stereocenters. The van der Waals surface area contributed by atoms with Crippen LogP contribution in [-0.4, -0.2) is 24.7 Å². The Bertz CT molecular complexity index is 732. The van der Waals surface area contributed by atoms with Crippen LogP contribution < -0.4 is 5.73 Å². The molecule has 3 rings (SSSR count). The summed E-state index contributed by atoms with van der Waals surface area (Å²) in [7, 11) is 1.85. The van der Waals surface area contributed by atoms with E-state index in [9.17, 15) is 0 Å². The van der Waals surface area contributed by atoms with Gasteiger partial charge < -0.3 is 5.73 Å². The number of rotatable bonds is 3. The lowest BCUT2D eigenvalue weighted by atomic mass is 10.3. The Balaban J connectivity index is 2.11. The van der Waals surface area contributed by atoms with Crippen molar-refractivity contribution in [2.45, 2.75) is 23.5 Å². The SMILES string of the molecule is CCc1cc2c(Sc3ncnn3C)nc(N)nc2s1. The van der Waals surface area contributed by atoms with E-state index < -0.39 is 0 Å². The molecule has 3 aromatic rings. The molecule has 0 aliphatic heterocycles. The van der Waals surface area contributed by atoms with Crippen molar-refractivity contribution in [1.82, 2.24) is 24.7 Å². The smallest absolute Gasteiger partial charge is 0.222 e. The Kier molecular flexibility index (Phi) is 3.11. The van der Waals surface area contributed by atoms with Gasteiger partial charge in [0.2, 0.25) is 5.95 Å². The minimum Gasteiger partial charge on any atom is -0.368 e. The first kappa shape index (κ1) is 12.4. The van der Waals surface area contributed by atoms with Crippen LogP contribution in [0.25, 0.3) is 10.2 Å². The molecule has 0 saturated carbocycles. The van der Waals surface area contributed by atoms with Crippen molar-refractivity contribution in [2.75, 3.05) is 5.73 Å². The number of fused-ring (bicyclic) bond motifs is 1. The third kappa shape index (κ3) is 2.28. The molecule has 0 aliphatic rings. The van der Waals surface area contributed by atoms with E-state index in [0.717, 1.165) is 26.8 Å². The Hall–Kier alpha value is -1.67. The predicted molar refractivity (Wildman–Crippen MR) is 76.3 cm³/mol. The van der Waals surface area contributed by atoms with Crippen LogP contribution in [0.4, 0.5) is 5.95 Å². The van der Waals surface area contributed by atoms with Gasteiger partial charge >= 0.3 is 0 Å². The van der Waals surface area contributed by atoms with Crippen molar-refractivity contribution in [2.24, 2.45) is 7.05 Å². The first-order valence-corrected chi connectivity index (χ1v) is 7.38. The minimum atomic E-state index is 0.293. The lowest BCUT2D eigenvalue weighted by Gasteiger charge is -2.02. The summed E-state index contributed by atoms with van der Waals surface area (Å²) < 4.78 is 1.71. The third-order valence-corrected chi connectivity index (χ3v) is 4.86. The molecule has 0 aliphatic carbocycles. The largest absolute Gasteiger partial charge is 0.368 e. The molecule has 8 heteroatoms. The zero-order valence-electron chi connectivity index (χ0n) is 10.5. The van der Waals surface area contributed by atoms with Gasteiger partial charge in [-0.15, -0.1) is 11.3 Å². The second-order valence-electron chi connectivity index (χ2n) is 3.94. The predicted octanol–water partition coefficient (Wildman–Crippen LogP) is 2.12. The monoisotopic (exact) mass is 292 g/mol. The average molecular weight is 292 g/mol. The molecular weight excluding hydrogens is 280 g/mol. The van der Waals surface area contributed by atoms with Crippen LogP contribution in [0.15, 0.2) is 22.6 Å². The summed E-state index contributed by atoms with van der Waals surface area (Å²) >= 11 is 3.11. The number of thiophene rings is 1. The molecule has 0 atom stereocenters. The first-order valence-electron chi connectivity index (χ1n) is 5.75. The van der Waals surface area contributed by atoms with E-state index in [4.69, 9.17) is 5.73 Å². The number of hydrogen-bond acceptors (Lipinski definition) is 7. The van der Waals surface area contributed by atoms with Gasteiger partial charge in [0, 0.05) is 17.3 Å². The van der Waals surface area contributed by atoms with Crippen LogP contribution in [0.3, 0.4) is 0 Å². The van der Waals surface area contributed by atoms with Gasteiger partial charge in [-0.2, -0.15) is 5.10 Å². The van der Waals surface area contributed by atoms with Crippen LogP contribution in [0, 0.1) is 0 Å². The summed E-state index contributed by atoms with van der Waals surface area (Å²) in [6.45, 7) is 2.12. The number of nitrogen functional groups attached to an aromatic ring is 1. The number of nitrogens with zero attached hydrogens (tertiary/aromatic N) is 5. The molecule has 0 spiro atoms. The van der Waals surface area contributed by atoms with Crippen molar-refractivity contribution in [3.05, 3.63) is 17.3 Å². The number of anilines is 1. The summed E-state index contributed by atoms with van der Waals surface area (Å²) in [6, 6.07) is 2.12. The molecule has 98 valence electrons. The molecule has 3 heterocycles. The molecule has 6 nitrogen and oxygen atoms in total. The molecular formula is C11H12N6S2. The fourth-order valence-electron chi connectivity index (χ4n) is 1.68. The lowest BCUT2D eigenvalue weighted by Crippen LogP contribution is -1.97. The molecule has 0 amide bonds. The Morgan fingerprint density at radius 2 is 2.26 bits per heavy atom. The van der Waals surface area contributed by atoms with Crippen molar-refractivity contribution in [3.8, 4) is 0 Å². The van der Waals surface area contributed by atoms with Crippen LogP contribution in [-0.2, 0) is 13.5 Å². The Labute approximate surface area is 118 Å². The Morgan fingerprint density at radius 1 is 1.42 bits per heavy atom. The zero-order chi connectivity index (χ0) is 13.4. The summed E-state index contributed by atoms with van der Waals surface area (Å²) in [5.74, 6) is 0.293. The second-order valence-corrected chi connectivity index (χ2v) is 6.01. The molecule has 0 aromatic carbocycles. The fourth-order valence-corrected chi connectivity index (χ4v) is 3.57. The van der Waals surface area contributed by atoms with Gasteiger partial charge in [0.1, 0.15) is 16.2 Å². The van der Waals surface area contributed by atoms with Gasteiger partial charge in [-0.25, -0.2) is 19.6 Å². The van der Waals surface area contributed by atoms with E-state index in [-0.39, 0.29) is 0 Å². The topological polar surface area (TPSA) is 82.5 Å². The third-order valence-electron chi connectivity index (χ3n) is 2.63. The van der Waals surface area contributed by atoms with E-state index in [1.54, 1.807) is 16.0 Å². The van der Waals surface area contributed by atoms with Crippen molar-refractivity contribution < 1.29 is 0 Å². The van der Waals surface area contributed by atoms with E-state index >= 15 is 0 Å². The number of aromatic nitrogens is 5. The van der Waals surface area contributed by atoms with Crippen LogP contribution in [0.5, 0.6) is 0 Å². The van der Waals surface area contributed by atoms with Gasteiger partial charge in [0.05, 0.1) is 0 Å². The van der Waals surface area contributed by atoms with Gasteiger partial charge in [-0.3, -0.25) is 0 Å². The normalized spacial score (nSPS) is 11.3. The van der Waals surface area contributed by atoms with Crippen molar-refractivity contribution in [1.29, 1.82) is 0 Å². The van der Waals surface area contributed by atoms with Gasteiger partial charge in [0.15, 0.2) is 5.16 Å². The van der Waals surface area contributed by atoms with Crippen LogP contribution >= 0.6 is 23.1 Å². The van der Waals surface area contributed by atoms with Gasteiger partial charge in [0.25, 0.3) is 0 Å². The molecule has 0 radical (unpaired) electrons. The molecule has 0 fully saturated rings. The van der Waals surface area contributed by atoms with E-state index in [0.29, 0.717) is 5.95 Å². The highest BCUT2D eigenvalue weighted by molar-refractivity contribution is 7.99. The molecule has 3 aromatic heterocycles. The summed E-state index contributed by atoms with van der Waals surface area (Å²) in [6.07, 6.45) is 2.50. The maximum atomic E-state index is 5.77. The van der Waals surface area contributed by atoms with Crippen molar-refractivity contribution >= 4 is 39.3 Å². The number of hydrogen-bond donors (Lipinski definition) is 1. The minimum absolute atomic E-state index is 0.293. The van der Waals surface area contributed by atoms with Crippen LogP contribution in [0.2, 0.25) is 0 Å². The highest BCUT2D eigenvalue weighted by Gasteiger charge is 2.13. The summed E-state index contributed by atoms with van der Waals surface area (Å²) in [5, 5.41) is 6.69. The standard InChI is InChI=1S/C11H12N6S2/c1-3-6-4-7-8(18-6)15-10(12)16-9(7)19-11-13-5-14-17(11)2/h4-5H,3H2,1-2H3,(H2,12,15,16). The quantitative estimate of drug-likeness (QED) is 0.744. The fraction of sp³-hybridized carbons (Fsp3) is 0.273. The zero-order valence-corrected chi connectivity index (χ0v) is 12.1. The summed E-state index contributed by atoms with van der Waals surface area (Å²) in [5.41, 5.74) is 5.77. The van der Waals surface area contributed by atoms with E-state index in [1.807, 2.05) is 7.05 Å². The highest BCUT2D eigenvalue weighted by atomic mass is 32.2. The maximum Gasteiger partial charge on any atom is 0.222 e. The van der Waals surface area contributed by atoms with Gasteiger partial charge in [-0.1, -0.05) is 6.92 Å². The van der Waals surface area contributed by atoms with E-state index in [2.05, 4.69) is 33.0 Å². The summed E-state index contributed by atoms with van der Waals surface area (Å²) in [4.78, 5) is 15.0.